The molecule has 1 aliphatic rings. The standard InChI is InChI=1S/C20H22INO2/c1-2-22-13-3-4-18(22)14-24-19-11-7-16(8-12-19)20(23)15-5-9-17(21)10-6-15/h5-12,18H,2-4,13-14H2,1H3. The van der Waals surface area contributed by atoms with E-state index in [0.29, 0.717) is 17.2 Å². The van der Waals surface area contributed by atoms with E-state index >= 15 is 0 Å². The van der Waals surface area contributed by atoms with Crippen LogP contribution in [0.15, 0.2) is 48.5 Å². The van der Waals surface area contributed by atoms with Gasteiger partial charge in [0.25, 0.3) is 0 Å². The summed E-state index contributed by atoms with van der Waals surface area (Å²) in [6.07, 6.45) is 2.46. The van der Waals surface area contributed by atoms with Crippen LogP contribution in [0.5, 0.6) is 5.75 Å². The molecule has 0 aliphatic carbocycles. The van der Waals surface area contributed by atoms with Crippen LogP contribution < -0.4 is 4.74 Å². The molecule has 1 saturated heterocycles. The molecule has 0 N–H and O–H groups in total. The Morgan fingerprint density at radius 1 is 1.12 bits per heavy atom. The second kappa shape index (κ2) is 8.12. The van der Waals surface area contributed by atoms with Crippen LogP contribution >= 0.6 is 22.6 Å². The van der Waals surface area contributed by atoms with E-state index in [9.17, 15) is 4.79 Å². The molecule has 24 heavy (non-hydrogen) atoms. The molecule has 1 unspecified atom stereocenters. The normalized spacial score (nSPS) is 17.8. The summed E-state index contributed by atoms with van der Waals surface area (Å²) in [5, 5.41) is 0. The van der Waals surface area contributed by atoms with Gasteiger partial charge in [-0.1, -0.05) is 6.92 Å². The maximum atomic E-state index is 12.5. The first-order chi connectivity index (χ1) is 11.7. The molecule has 3 nitrogen and oxygen atoms in total. The quantitative estimate of drug-likeness (QED) is 0.498. The molecule has 0 radical (unpaired) electrons. The Hall–Kier alpha value is -1.40. The van der Waals surface area contributed by atoms with Gasteiger partial charge < -0.3 is 4.74 Å². The van der Waals surface area contributed by atoms with Crippen LogP contribution in [0, 0.1) is 3.57 Å². The van der Waals surface area contributed by atoms with Crippen LogP contribution in [0.1, 0.15) is 35.7 Å². The van der Waals surface area contributed by atoms with Crippen LogP contribution in [-0.2, 0) is 0 Å². The topological polar surface area (TPSA) is 29.5 Å². The van der Waals surface area contributed by atoms with E-state index in [-0.39, 0.29) is 5.78 Å². The van der Waals surface area contributed by atoms with Crippen molar-refractivity contribution in [2.45, 2.75) is 25.8 Å². The number of nitrogens with zero attached hydrogens (tertiary/aromatic N) is 1. The minimum absolute atomic E-state index is 0.0471. The van der Waals surface area contributed by atoms with Gasteiger partial charge in [-0.15, -0.1) is 0 Å². The molecule has 1 heterocycles. The smallest absolute Gasteiger partial charge is 0.193 e. The predicted molar refractivity (Wildman–Crippen MR) is 105 cm³/mol. The molecule has 2 aromatic rings. The third kappa shape index (κ3) is 4.16. The summed E-state index contributed by atoms with van der Waals surface area (Å²) in [4.78, 5) is 14.9. The molecule has 1 fully saturated rings. The average molecular weight is 435 g/mol. The highest BCUT2D eigenvalue weighted by atomic mass is 127. The Kier molecular flexibility index (Phi) is 5.89. The van der Waals surface area contributed by atoms with Crippen molar-refractivity contribution in [3.05, 3.63) is 63.2 Å². The lowest BCUT2D eigenvalue weighted by Crippen LogP contribution is -2.33. The Bertz CT molecular complexity index is 682. The highest BCUT2D eigenvalue weighted by Gasteiger charge is 2.23. The minimum Gasteiger partial charge on any atom is -0.492 e. The molecule has 126 valence electrons. The Balaban J connectivity index is 1.60. The molecular weight excluding hydrogens is 413 g/mol. The second-order valence-corrected chi connectivity index (χ2v) is 7.34. The Morgan fingerprint density at radius 3 is 2.38 bits per heavy atom. The van der Waals surface area contributed by atoms with Crippen molar-refractivity contribution in [1.29, 1.82) is 0 Å². The van der Waals surface area contributed by atoms with E-state index in [1.54, 1.807) is 0 Å². The molecule has 2 aromatic carbocycles. The van der Waals surface area contributed by atoms with Crippen LogP contribution in [0.3, 0.4) is 0 Å². The van der Waals surface area contributed by atoms with Gasteiger partial charge in [0.05, 0.1) is 0 Å². The van der Waals surface area contributed by atoms with Crippen LogP contribution in [-0.4, -0.2) is 36.4 Å². The number of rotatable bonds is 6. The van der Waals surface area contributed by atoms with Gasteiger partial charge in [0.2, 0.25) is 0 Å². The van der Waals surface area contributed by atoms with Crippen molar-refractivity contribution in [2.75, 3.05) is 19.7 Å². The molecule has 0 spiro atoms. The summed E-state index contributed by atoms with van der Waals surface area (Å²) in [5.74, 6) is 0.878. The monoisotopic (exact) mass is 435 g/mol. The summed E-state index contributed by atoms with van der Waals surface area (Å²) >= 11 is 2.24. The van der Waals surface area contributed by atoms with Gasteiger partial charge in [0, 0.05) is 20.7 Å². The zero-order chi connectivity index (χ0) is 16.9. The van der Waals surface area contributed by atoms with E-state index in [0.717, 1.165) is 22.5 Å². The fraction of sp³-hybridized carbons (Fsp3) is 0.350. The lowest BCUT2D eigenvalue weighted by Gasteiger charge is -2.22. The van der Waals surface area contributed by atoms with Gasteiger partial charge in [0.1, 0.15) is 12.4 Å². The van der Waals surface area contributed by atoms with E-state index in [1.165, 1.54) is 19.4 Å². The number of likely N-dealkylation sites (N-methyl/N-ethyl adjacent to an activating group) is 1. The summed E-state index contributed by atoms with van der Waals surface area (Å²) < 4.78 is 7.05. The van der Waals surface area contributed by atoms with Gasteiger partial charge >= 0.3 is 0 Å². The summed E-state index contributed by atoms with van der Waals surface area (Å²) in [7, 11) is 0. The zero-order valence-electron chi connectivity index (χ0n) is 13.9. The molecule has 0 aromatic heterocycles. The summed E-state index contributed by atoms with van der Waals surface area (Å²) in [6, 6.07) is 15.6. The average Bonchev–Trinajstić information content (AvgIpc) is 3.08. The van der Waals surface area contributed by atoms with Gasteiger partial charge in [-0.2, -0.15) is 0 Å². The minimum atomic E-state index is 0.0471. The highest BCUT2D eigenvalue weighted by Crippen LogP contribution is 2.20. The van der Waals surface area contributed by atoms with Crippen molar-refractivity contribution in [3.8, 4) is 5.75 Å². The summed E-state index contributed by atoms with van der Waals surface area (Å²) in [6.45, 7) is 5.17. The molecule has 1 atom stereocenters. The number of carbonyl (C=O) groups excluding carboxylic acids is 1. The van der Waals surface area contributed by atoms with Gasteiger partial charge in [-0.3, -0.25) is 9.69 Å². The van der Waals surface area contributed by atoms with Crippen molar-refractivity contribution < 1.29 is 9.53 Å². The predicted octanol–water partition coefficient (Wildman–Crippen LogP) is 4.39. The number of hydrogen-bond acceptors (Lipinski definition) is 3. The van der Waals surface area contributed by atoms with Gasteiger partial charge in [0.15, 0.2) is 5.78 Å². The third-order valence-electron chi connectivity index (χ3n) is 4.57. The van der Waals surface area contributed by atoms with E-state index in [1.807, 2.05) is 48.5 Å². The Labute approximate surface area is 157 Å². The molecule has 0 amide bonds. The van der Waals surface area contributed by atoms with Crippen LogP contribution in [0.25, 0.3) is 0 Å². The molecular formula is C20H22INO2. The fourth-order valence-corrected chi connectivity index (χ4v) is 3.52. The third-order valence-corrected chi connectivity index (χ3v) is 5.29. The molecule has 1 aliphatic heterocycles. The van der Waals surface area contributed by atoms with E-state index in [2.05, 4.69) is 34.4 Å². The zero-order valence-corrected chi connectivity index (χ0v) is 16.0. The van der Waals surface area contributed by atoms with Crippen molar-refractivity contribution in [2.24, 2.45) is 0 Å². The molecule has 4 heteroatoms. The molecule has 3 rings (SSSR count). The van der Waals surface area contributed by atoms with Gasteiger partial charge in [-0.25, -0.2) is 0 Å². The number of benzene rings is 2. The maximum Gasteiger partial charge on any atom is 0.193 e. The molecule has 0 saturated carbocycles. The highest BCUT2D eigenvalue weighted by molar-refractivity contribution is 14.1. The number of halogens is 1. The van der Waals surface area contributed by atoms with E-state index in [4.69, 9.17) is 4.74 Å². The number of likely N-dealkylation sites (tertiary alicyclic amines) is 1. The lowest BCUT2D eigenvalue weighted by atomic mass is 10.0. The van der Waals surface area contributed by atoms with Gasteiger partial charge in [-0.05, 0) is 97.1 Å². The largest absolute Gasteiger partial charge is 0.492 e. The summed E-state index contributed by atoms with van der Waals surface area (Å²) in [5.41, 5.74) is 1.41. The first kappa shape index (κ1) is 17.4. The maximum absolute atomic E-state index is 12.5. The van der Waals surface area contributed by atoms with Crippen molar-refractivity contribution >= 4 is 28.4 Å². The first-order valence-corrected chi connectivity index (χ1v) is 9.52. The fourth-order valence-electron chi connectivity index (χ4n) is 3.16. The second-order valence-electron chi connectivity index (χ2n) is 6.10. The SMILES string of the molecule is CCN1CCCC1COc1ccc(C(=O)c2ccc(I)cc2)cc1. The Morgan fingerprint density at radius 2 is 1.75 bits per heavy atom. The number of ketones is 1. The van der Waals surface area contributed by atoms with Crippen molar-refractivity contribution in [1.82, 2.24) is 4.90 Å². The molecule has 0 bridgehead atoms. The lowest BCUT2D eigenvalue weighted by molar-refractivity contribution is 0.103. The van der Waals surface area contributed by atoms with E-state index < -0.39 is 0 Å². The van der Waals surface area contributed by atoms with Crippen LogP contribution in [0.2, 0.25) is 0 Å². The van der Waals surface area contributed by atoms with Crippen molar-refractivity contribution in [3.63, 3.8) is 0 Å². The first-order valence-electron chi connectivity index (χ1n) is 8.44. The number of hydrogen-bond donors (Lipinski definition) is 0. The number of ether oxygens (including phenoxy) is 1. The van der Waals surface area contributed by atoms with Crippen LogP contribution in [0.4, 0.5) is 0 Å². The number of carbonyl (C=O) groups is 1.